The Bertz CT molecular complexity index is 1240. The van der Waals surface area contributed by atoms with Crippen LogP contribution in [0.4, 0.5) is 0 Å². The van der Waals surface area contributed by atoms with Crippen LogP contribution in [0.1, 0.15) is 19.8 Å². The Morgan fingerprint density at radius 3 is 2.25 bits per heavy atom. The lowest BCUT2D eigenvalue weighted by Crippen LogP contribution is -2.14. The summed E-state index contributed by atoms with van der Waals surface area (Å²) in [6.07, 6.45) is 2.01. The monoisotopic (exact) mass is 420 g/mol. The SMILES string of the molecule is C=COS(=O)(=O)c1ccc2cc3ccccc3cc2c1S(=O)(=O)OCCCC. The number of benzene rings is 3. The zero-order valence-electron chi connectivity index (χ0n) is 15.3. The minimum absolute atomic E-state index is 0.0371. The van der Waals surface area contributed by atoms with E-state index < -0.39 is 30.0 Å². The summed E-state index contributed by atoms with van der Waals surface area (Å²) in [4.78, 5) is -0.902. The van der Waals surface area contributed by atoms with E-state index in [4.69, 9.17) is 4.18 Å². The molecule has 0 aliphatic rings. The summed E-state index contributed by atoms with van der Waals surface area (Å²) in [7, 11) is -8.73. The number of rotatable bonds is 8. The van der Waals surface area contributed by atoms with Crippen molar-refractivity contribution in [2.75, 3.05) is 6.61 Å². The second-order valence-electron chi connectivity index (χ2n) is 6.16. The molecule has 0 saturated heterocycles. The Kier molecular flexibility index (Phi) is 5.74. The van der Waals surface area contributed by atoms with Gasteiger partial charge >= 0.3 is 10.1 Å². The predicted octanol–water partition coefficient (Wildman–Crippen LogP) is 4.35. The van der Waals surface area contributed by atoms with Crippen LogP contribution in [0.3, 0.4) is 0 Å². The Balaban J connectivity index is 2.36. The smallest absolute Gasteiger partial charge is 0.340 e. The molecule has 3 aromatic rings. The molecule has 3 rings (SSSR count). The van der Waals surface area contributed by atoms with Crippen molar-refractivity contribution in [2.24, 2.45) is 0 Å². The summed E-state index contributed by atoms with van der Waals surface area (Å²) < 4.78 is 60.7. The molecular formula is C20H20O6S2. The van der Waals surface area contributed by atoms with E-state index in [9.17, 15) is 16.8 Å². The molecule has 0 spiro atoms. The van der Waals surface area contributed by atoms with E-state index in [1.54, 1.807) is 18.2 Å². The predicted molar refractivity (Wildman–Crippen MR) is 108 cm³/mol. The van der Waals surface area contributed by atoms with E-state index in [1.165, 1.54) is 6.07 Å². The van der Waals surface area contributed by atoms with E-state index in [1.807, 2.05) is 31.2 Å². The van der Waals surface area contributed by atoms with Gasteiger partial charge in [0.15, 0.2) is 0 Å². The largest absolute Gasteiger partial charge is 0.388 e. The third kappa shape index (κ3) is 3.89. The van der Waals surface area contributed by atoms with Crippen molar-refractivity contribution >= 4 is 41.8 Å². The molecule has 0 atom stereocenters. The lowest BCUT2D eigenvalue weighted by atomic mass is 10.0. The summed E-state index contributed by atoms with van der Waals surface area (Å²) in [5, 5.41) is 2.51. The standard InChI is InChI=1S/C20H20O6S2/c1-3-5-12-26-28(23,24)20-18-14-16-9-7-6-8-15(16)13-17(18)10-11-19(20)27(21,22)25-4-2/h4,6-11,13-14H,2-3,5,12H2,1H3. The van der Waals surface area contributed by atoms with Gasteiger partial charge < -0.3 is 4.18 Å². The fourth-order valence-corrected chi connectivity index (χ4v) is 5.62. The van der Waals surface area contributed by atoms with E-state index in [0.717, 1.165) is 23.5 Å². The molecule has 0 aromatic heterocycles. The van der Waals surface area contributed by atoms with Crippen molar-refractivity contribution in [1.29, 1.82) is 0 Å². The van der Waals surface area contributed by atoms with Gasteiger partial charge in [0.2, 0.25) is 0 Å². The van der Waals surface area contributed by atoms with Crippen LogP contribution in [0, 0.1) is 0 Å². The van der Waals surface area contributed by atoms with Crippen LogP contribution in [-0.2, 0) is 28.6 Å². The lowest BCUT2D eigenvalue weighted by molar-refractivity contribution is 0.310. The van der Waals surface area contributed by atoms with E-state index >= 15 is 0 Å². The maximum absolute atomic E-state index is 13.0. The molecule has 0 heterocycles. The first kappa shape index (κ1) is 20.3. The first-order chi connectivity index (χ1) is 13.3. The number of unbranched alkanes of at least 4 members (excludes halogenated alkanes) is 1. The van der Waals surface area contributed by atoms with Gasteiger partial charge in [-0.1, -0.05) is 50.3 Å². The maximum atomic E-state index is 13.0. The van der Waals surface area contributed by atoms with Gasteiger partial charge in [-0.3, -0.25) is 4.18 Å². The van der Waals surface area contributed by atoms with Gasteiger partial charge in [0.05, 0.1) is 12.9 Å². The Hall–Kier alpha value is -2.42. The number of hydrogen-bond donors (Lipinski definition) is 0. The van der Waals surface area contributed by atoms with Crippen LogP contribution in [0.2, 0.25) is 0 Å². The fourth-order valence-electron chi connectivity index (χ4n) is 2.93. The second kappa shape index (κ2) is 7.90. The number of fused-ring (bicyclic) bond motifs is 2. The second-order valence-corrected chi connectivity index (χ2v) is 9.25. The minimum atomic E-state index is -4.38. The van der Waals surface area contributed by atoms with Gasteiger partial charge in [0.25, 0.3) is 10.1 Å². The van der Waals surface area contributed by atoms with Gasteiger partial charge in [-0.05, 0) is 40.8 Å². The Morgan fingerprint density at radius 2 is 1.61 bits per heavy atom. The van der Waals surface area contributed by atoms with Gasteiger partial charge in [-0.15, -0.1) is 0 Å². The fraction of sp³-hybridized carbons (Fsp3) is 0.200. The van der Waals surface area contributed by atoms with E-state index in [0.29, 0.717) is 11.8 Å². The first-order valence-corrected chi connectivity index (χ1v) is 11.5. The zero-order valence-corrected chi connectivity index (χ0v) is 16.9. The van der Waals surface area contributed by atoms with Crippen molar-refractivity contribution in [3.63, 3.8) is 0 Å². The highest BCUT2D eigenvalue weighted by atomic mass is 32.2. The molecule has 0 amide bonds. The van der Waals surface area contributed by atoms with E-state index in [2.05, 4.69) is 10.8 Å². The van der Waals surface area contributed by atoms with Crippen LogP contribution < -0.4 is 0 Å². The minimum Gasteiger partial charge on any atom is -0.388 e. The molecule has 0 unspecified atom stereocenters. The van der Waals surface area contributed by atoms with Crippen LogP contribution in [0.5, 0.6) is 0 Å². The van der Waals surface area contributed by atoms with Gasteiger partial charge in [-0.2, -0.15) is 16.8 Å². The molecule has 28 heavy (non-hydrogen) atoms. The van der Waals surface area contributed by atoms with Gasteiger partial charge in [0, 0.05) is 5.39 Å². The maximum Gasteiger partial charge on any atom is 0.340 e. The molecule has 8 heteroatoms. The summed E-state index contributed by atoms with van der Waals surface area (Å²) in [6, 6.07) is 13.6. The molecule has 0 aliphatic carbocycles. The highest BCUT2D eigenvalue weighted by Gasteiger charge is 2.30. The summed E-state index contributed by atoms with van der Waals surface area (Å²) >= 11 is 0. The highest BCUT2D eigenvalue weighted by molar-refractivity contribution is 7.90. The highest BCUT2D eigenvalue weighted by Crippen LogP contribution is 2.34. The molecule has 0 aliphatic heterocycles. The zero-order chi connectivity index (χ0) is 20.4. The molecular weight excluding hydrogens is 400 g/mol. The van der Waals surface area contributed by atoms with Crippen molar-refractivity contribution in [3.05, 3.63) is 61.4 Å². The van der Waals surface area contributed by atoms with Crippen LogP contribution >= 0.6 is 0 Å². The molecule has 148 valence electrons. The lowest BCUT2D eigenvalue weighted by Gasteiger charge is -2.14. The topological polar surface area (TPSA) is 86.7 Å². The Morgan fingerprint density at radius 1 is 0.929 bits per heavy atom. The number of hydrogen-bond acceptors (Lipinski definition) is 6. The Labute approximate surface area is 164 Å². The van der Waals surface area contributed by atoms with Crippen molar-refractivity contribution in [2.45, 2.75) is 29.6 Å². The van der Waals surface area contributed by atoms with Crippen LogP contribution in [0.15, 0.2) is 71.2 Å². The molecule has 0 fully saturated rings. The molecule has 6 nitrogen and oxygen atoms in total. The molecule has 0 radical (unpaired) electrons. The molecule has 3 aromatic carbocycles. The quantitative estimate of drug-likeness (QED) is 0.233. The van der Waals surface area contributed by atoms with E-state index in [-0.39, 0.29) is 12.0 Å². The first-order valence-electron chi connectivity index (χ1n) is 8.69. The molecule has 0 saturated carbocycles. The summed E-state index contributed by atoms with van der Waals surface area (Å²) in [5.41, 5.74) is 0. The van der Waals surface area contributed by atoms with Gasteiger partial charge in [0.1, 0.15) is 9.79 Å². The molecule has 0 N–H and O–H groups in total. The average Bonchev–Trinajstić information content (AvgIpc) is 2.65. The van der Waals surface area contributed by atoms with Crippen LogP contribution in [0.25, 0.3) is 21.5 Å². The summed E-state index contributed by atoms with van der Waals surface area (Å²) in [6.45, 7) is 5.10. The van der Waals surface area contributed by atoms with Crippen molar-refractivity contribution in [3.8, 4) is 0 Å². The van der Waals surface area contributed by atoms with Crippen LogP contribution in [-0.4, -0.2) is 23.4 Å². The summed E-state index contributed by atoms with van der Waals surface area (Å²) in [5.74, 6) is 0. The van der Waals surface area contributed by atoms with Crippen molar-refractivity contribution in [1.82, 2.24) is 0 Å². The third-order valence-electron chi connectivity index (χ3n) is 4.25. The van der Waals surface area contributed by atoms with Crippen molar-refractivity contribution < 1.29 is 25.2 Å². The normalized spacial score (nSPS) is 12.3. The third-order valence-corrected chi connectivity index (χ3v) is 7.07. The van der Waals surface area contributed by atoms with Gasteiger partial charge in [-0.25, -0.2) is 0 Å². The molecule has 0 bridgehead atoms. The average molecular weight is 421 g/mol.